The predicted molar refractivity (Wildman–Crippen MR) is 106 cm³/mol. The Hall–Kier alpha value is -2.62. The van der Waals surface area contributed by atoms with E-state index >= 15 is 0 Å². The van der Waals surface area contributed by atoms with Crippen LogP contribution in [0.15, 0.2) is 54.6 Å². The minimum absolute atomic E-state index is 0.0239. The number of aromatic nitrogens is 2. The Kier molecular flexibility index (Phi) is 6.05. The van der Waals surface area contributed by atoms with Crippen molar-refractivity contribution in [3.05, 3.63) is 66.0 Å². The first-order valence-electron chi connectivity index (χ1n) is 9.47. The summed E-state index contributed by atoms with van der Waals surface area (Å²) in [7, 11) is 0. The number of unbranched alkanes of at least 4 members (excludes halogenated alkanes) is 2. The molecule has 1 heterocycles. The number of para-hydroxylation sites is 2. The molecule has 0 aliphatic heterocycles. The summed E-state index contributed by atoms with van der Waals surface area (Å²) in [5, 5.41) is 3.11. The van der Waals surface area contributed by atoms with Crippen molar-refractivity contribution in [1.29, 1.82) is 0 Å². The number of nitrogens with one attached hydrogen (secondary N) is 1. The summed E-state index contributed by atoms with van der Waals surface area (Å²) in [5.74, 6) is 0.958. The fourth-order valence-corrected chi connectivity index (χ4v) is 3.32. The Morgan fingerprint density at radius 2 is 1.81 bits per heavy atom. The molecule has 1 N–H and O–H groups in total. The highest BCUT2D eigenvalue weighted by Gasteiger charge is 2.18. The monoisotopic (exact) mass is 349 g/mol. The van der Waals surface area contributed by atoms with Crippen LogP contribution in [0.1, 0.15) is 50.5 Å². The van der Waals surface area contributed by atoms with Crippen LogP contribution in [0.5, 0.6) is 0 Å². The summed E-state index contributed by atoms with van der Waals surface area (Å²) in [6.45, 7) is 5.16. The van der Waals surface area contributed by atoms with Crippen LogP contribution in [0.4, 0.5) is 0 Å². The highest BCUT2D eigenvalue weighted by molar-refractivity contribution is 5.79. The fourth-order valence-electron chi connectivity index (χ4n) is 3.32. The predicted octanol–water partition coefficient (Wildman–Crippen LogP) is 4.65. The van der Waals surface area contributed by atoms with Crippen molar-refractivity contribution in [1.82, 2.24) is 14.9 Å². The molecule has 3 rings (SSSR count). The highest BCUT2D eigenvalue weighted by Crippen LogP contribution is 2.22. The van der Waals surface area contributed by atoms with Gasteiger partial charge in [-0.05, 0) is 31.0 Å². The van der Waals surface area contributed by atoms with Gasteiger partial charge >= 0.3 is 0 Å². The number of carbonyl (C=O) groups excluding carboxylic acids is 1. The standard InChI is InChI=1S/C22H27N3O/c1-3-4-10-15-25-20-14-9-8-13-19(20)24-22(25)17(2)23-21(26)16-18-11-6-5-7-12-18/h5-9,11-14,17H,3-4,10,15-16H2,1-2H3,(H,23,26)/t17-/m0/s1. The van der Waals surface area contributed by atoms with Gasteiger partial charge in [0.15, 0.2) is 0 Å². The number of aryl methyl sites for hydroxylation is 1. The molecule has 0 unspecified atom stereocenters. The van der Waals surface area contributed by atoms with Gasteiger partial charge in [0.2, 0.25) is 5.91 Å². The molecule has 0 aliphatic carbocycles. The van der Waals surface area contributed by atoms with Crippen molar-refractivity contribution >= 4 is 16.9 Å². The van der Waals surface area contributed by atoms with Crippen molar-refractivity contribution in [2.45, 2.75) is 52.1 Å². The number of fused-ring (bicyclic) bond motifs is 1. The smallest absolute Gasteiger partial charge is 0.224 e. The van der Waals surface area contributed by atoms with E-state index in [1.807, 2.05) is 55.5 Å². The first-order chi connectivity index (χ1) is 12.7. The van der Waals surface area contributed by atoms with Crippen LogP contribution in [0.2, 0.25) is 0 Å². The quantitative estimate of drug-likeness (QED) is 0.602. The first kappa shape index (κ1) is 18.2. The zero-order valence-corrected chi connectivity index (χ0v) is 15.6. The summed E-state index contributed by atoms with van der Waals surface area (Å²) in [6.07, 6.45) is 3.89. The molecule has 0 aliphatic rings. The minimum atomic E-state index is -0.125. The van der Waals surface area contributed by atoms with Crippen molar-refractivity contribution in [3.63, 3.8) is 0 Å². The lowest BCUT2D eigenvalue weighted by Crippen LogP contribution is -2.30. The van der Waals surface area contributed by atoms with E-state index in [-0.39, 0.29) is 11.9 Å². The Morgan fingerprint density at radius 1 is 1.08 bits per heavy atom. The highest BCUT2D eigenvalue weighted by atomic mass is 16.1. The number of carbonyl (C=O) groups is 1. The van der Waals surface area contributed by atoms with E-state index in [4.69, 9.17) is 4.98 Å². The van der Waals surface area contributed by atoms with Crippen LogP contribution in [-0.4, -0.2) is 15.5 Å². The van der Waals surface area contributed by atoms with E-state index in [2.05, 4.69) is 22.9 Å². The lowest BCUT2D eigenvalue weighted by Gasteiger charge is -2.16. The van der Waals surface area contributed by atoms with E-state index in [1.165, 1.54) is 12.8 Å². The van der Waals surface area contributed by atoms with Gasteiger partial charge in [-0.2, -0.15) is 0 Å². The van der Waals surface area contributed by atoms with Crippen LogP contribution < -0.4 is 5.32 Å². The molecule has 0 saturated carbocycles. The molecule has 0 radical (unpaired) electrons. The van der Waals surface area contributed by atoms with Crippen molar-refractivity contribution in [3.8, 4) is 0 Å². The summed E-state index contributed by atoms with van der Waals surface area (Å²) in [4.78, 5) is 17.2. The van der Waals surface area contributed by atoms with Gasteiger partial charge in [-0.3, -0.25) is 4.79 Å². The topological polar surface area (TPSA) is 46.9 Å². The molecule has 1 amide bonds. The molecule has 3 aromatic rings. The van der Waals surface area contributed by atoms with Crippen LogP contribution in [0.25, 0.3) is 11.0 Å². The molecule has 26 heavy (non-hydrogen) atoms. The van der Waals surface area contributed by atoms with Gasteiger partial charge in [0.05, 0.1) is 23.5 Å². The fraction of sp³-hybridized carbons (Fsp3) is 0.364. The van der Waals surface area contributed by atoms with Crippen LogP contribution in [0, 0.1) is 0 Å². The van der Waals surface area contributed by atoms with Crippen molar-refractivity contribution in [2.24, 2.45) is 0 Å². The average Bonchev–Trinajstić information content (AvgIpc) is 3.02. The lowest BCUT2D eigenvalue weighted by molar-refractivity contribution is -0.121. The molecule has 0 saturated heterocycles. The number of hydrogen-bond donors (Lipinski definition) is 1. The Bertz CT molecular complexity index is 854. The molecular formula is C22H27N3O. The maximum atomic E-state index is 12.4. The van der Waals surface area contributed by atoms with Crippen molar-refractivity contribution < 1.29 is 4.79 Å². The second-order valence-electron chi connectivity index (χ2n) is 6.77. The number of benzene rings is 2. The van der Waals surface area contributed by atoms with Crippen LogP contribution in [-0.2, 0) is 17.8 Å². The summed E-state index contributed by atoms with van der Waals surface area (Å²) < 4.78 is 2.26. The van der Waals surface area contributed by atoms with Gasteiger partial charge in [0.1, 0.15) is 5.82 Å². The zero-order chi connectivity index (χ0) is 18.4. The van der Waals surface area contributed by atoms with Crippen molar-refractivity contribution in [2.75, 3.05) is 0 Å². The molecule has 0 spiro atoms. The average molecular weight is 349 g/mol. The van der Waals surface area contributed by atoms with E-state index in [9.17, 15) is 4.79 Å². The zero-order valence-electron chi connectivity index (χ0n) is 15.6. The number of amides is 1. The van der Waals surface area contributed by atoms with E-state index in [0.29, 0.717) is 6.42 Å². The number of hydrogen-bond acceptors (Lipinski definition) is 2. The molecule has 0 fully saturated rings. The first-order valence-corrected chi connectivity index (χ1v) is 9.47. The molecule has 1 atom stereocenters. The molecular weight excluding hydrogens is 322 g/mol. The van der Waals surface area contributed by atoms with Gasteiger partial charge in [0, 0.05) is 6.54 Å². The van der Waals surface area contributed by atoms with E-state index in [1.54, 1.807) is 0 Å². The van der Waals surface area contributed by atoms with Gasteiger partial charge in [-0.25, -0.2) is 4.98 Å². The Labute approximate surface area is 155 Å². The summed E-state index contributed by atoms with van der Waals surface area (Å²) in [5.41, 5.74) is 3.15. The van der Waals surface area contributed by atoms with E-state index in [0.717, 1.165) is 35.4 Å². The third-order valence-corrected chi connectivity index (χ3v) is 4.64. The van der Waals surface area contributed by atoms with Gasteiger partial charge in [0.25, 0.3) is 0 Å². The molecule has 4 nitrogen and oxygen atoms in total. The maximum Gasteiger partial charge on any atom is 0.224 e. The molecule has 1 aromatic heterocycles. The third kappa shape index (κ3) is 4.31. The second-order valence-corrected chi connectivity index (χ2v) is 6.77. The van der Waals surface area contributed by atoms with E-state index < -0.39 is 0 Å². The maximum absolute atomic E-state index is 12.4. The molecule has 0 bridgehead atoms. The number of imidazole rings is 1. The number of rotatable bonds is 8. The number of nitrogens with zero attached hydrogens (tertiary/aromatic N) is 2. The van der Waals surface area contributed by atoms with Crippen LogP contribution >= 0.6 is 0 Å². The molecule has 136 valence electrons. The largest absolute Gasteiger partial charge is 0.346 e. The Morgan fingerprint density at radius 3 is 2.58 bits per heavy atom. The van der Waals surface area contributed by atoms with Crippen LogP contribution in [0.3, 0.4) is 0 Å². The third-order valence-electron chi connectivity index (χ3n) is 4.64. The van der Waals surface area contributed by atoms with Gasteiger partial charge < -0.3 is 9.88 Å². The van der Waals surface area contributed by atoms with Gasteiger partial charge in [-0.1, -0.05) is 62.2 Å². The Balaban J connectivity index is 1.77. The summed E-state index contributed by atoms with van der Waals surface area (Å²) >= 11 is 0. The van der Waals surface area contributed by atoms with Gasteiger partial charge in [-0.15, -0.1) is 0 Å². The minimum Gasteiger partial charge on any atom is -0.346 e. The molecule has 2 aromatic carbocycles. The summed E-state index contributed by atoms with van der Waals surface area (Å²) in [6, 6.07) is 17.9. The normalized spacial score (nSPS) is 12.2. The molecule has 4 heteroatoms. The SMILES string of the molecule is CCCCCn1c([C@H](C)NC(=O)Cc2ccccc2)nc2ccccc21. The lowest BCUT2D eigenvalue weighted by atomic mass is 10.1. The second kappa shape index (κ2) is 8.65.